The van der Waals surface area contributed by atoms with E-state index in [9.17, 15) is 0 Å². The summed E-state index contributed by atoms with van der Waals surface area (Å²) >= 11 is 0. The van der Waals surface area contributed by atoms with Crippen LogP contribution < -0.4 is 5.73 Å². The van der Waals surface area contributed by atoms with Crippen LogP contribution >= 0.6 is 0 Å². The number of unbranched alkanes of at least 4 members (excludes halogenated alkanes) is 10. The van der Waals surface area contributed by atoms with E-state index in [2.05, 4.69) is 11.8 Å². The van der Waals surface area contributed by atoms with Crippen LogP contribution in [0.15, 0.2) is 0 Å². The molecule has 1 rings (SSSR count). The molecule has 1 fully saturated rings. The summed E-state index contributed by atoms with van der Waals surface area (Å²) in [7, 11) is 0. The van der Waals surface area contributed by atoms with Crippen molar-refractivity contribution in [3.63, 3.8) is 0 Å². The molecule has 0 aliphatic carbocycles. The van der Waals surface area contributed by atoms with Crippen LogP contribution in [-0.4, -0.2) is 37.4 Å². The van der Waals surface area contributed by atoms with E-state index in [4.69, 9.17) is 10.5 Å². The number of ether oxygens (including phenoxy) is 1. The Balaban J connectivity index is 1.85. The Hall–Kier alpha value is -0.120. The van der Waals surface area contributed by atoms with Crippen LogP contribution in [0.25, 0.3) is 0 Å². The quantitative estimate of drug-likeness (QED) is 0.446. The molecule has 0 spiro atoms. The predicted molar refractivity (Wildman–Crippen MR) is 96.1 cm³/mol. The van der Waals surface area contributed by atoms with Gasteiger partial charge < -0.3 is 10.5 Å². The van der Waals surface area contributed by atoms with Crippen LogP contribution in [0.3, 0.4) is 0 Å². The normalized spacial score (nSPS) is 19.1. The van der Waals surface area contributed by atoms with E-state index in [0.717, 1.165) is 19.8 Å². The molecule has 2 N–H and O–H groups in total. The van der Waals surface area contributed by atoms with Gasteiger partial charge in [-0.1, -0.05) is 71.1 Å². The minimum absolute atomic E-state index is 0.504. The monoisotopic (exact) mass is 312 g/mol. The summed E-state index contributed by atoms with van der Waals surface area (Å²) < 4.78 is 5.91. The lowest BCUT2D eigenvalue weighted by Crippen LogP contribution is -2.23. The summed E-state index contributed by atoms with van der Waals surface area (Å²) in [6.45, 7) is 6.35. The van der Waals surface area contributed by atoms with E-state index >= 15 is 0 Å². The van der Waals surface area contributed by atoms with Gasteiger partial charge >= 0.3 is 0 Å². The van der Waals surface area contributed by atoms with E-state index in [0.29, 0.717) is 6.10 Å². The first-order valence-electron chi connectivity index (χ1n) is 9.90. The van der Waals surface area contributed by atoms with Crippen molar-refractivity contribution in [3.8, 4) is 0 Å². The maximum absolute atomic E-state index is 5.91. The van der Waals surface area contributed by atoms with Crippen LogP contribution in [0.1, 0.15) is 90.4 Å². The van der Waals surface area contributed by atoms with Crippen molar-refractivity contribution in [2.75, 3.05) is 26.4 Å². The summed E-state index contributed by atoms with van der Waals surface area (Å²) in [6.07, 6.45) is 18.1. The van der Waals surface area contributed by atoms with Gasteiger partial charge in [0.05, 0.1) is 12.8 Å². The van der Waals surface area contributed by atoms with Crippen molar-refractivity contribution < 1.29 is 4.74 Å². The summed E-state index contributed by atoms with van der Waals surface area (Å²) in [5.74, 6) is 0. The van der Waals surface area contributed by atoms with Crippen LogP contribution in [-0.2, 0) is 4.74 Å². The summed E-state index contributed by atoms with van der Waals surface area (Å²) in [6, 6.07) is 0. The summed E-state index contributed by atoms with van der Waals surface area (Å²) in [4.78, 5) is 2.48. The highest BCUT2D eigenvalue weighted by atomic mass is 16.5. The van der Waals surface area contributed by atoms with Gasteiger partial charge in [0, 0.05) is 13.1 Å². The van der Waals surface area contributed by atoms with Gasteiger partial charge in [-0.25, -0.2) is 0 Å². The number of nitrogens with zero attached hydrogens (tertiary/aromatic N) is 1. The number of hydrogen-bond acceptors (Lipinski definition) is 3. The van der Waals surface area contributed by atoms with Gasteiger partial charge in [-0.2, -0.15) is 0 Å². The van der Waals surface area contributed by atoms with Crippen LogP contribution in [0, 0.1) is 0 Å². The molecule has 0 aromatic carbocycles. The van der Waals surface area contributed by atoms with Gasteiger partial charge in [0.25, 0.3) is 0 Å². The molecule has 0 aromatic heterocycles. The minimum Gasteiger partial charge on any atom is -0.362 e. The fraction of sp³-hybridized carbons (Fsp3) is 1.00. The zero-order valence-electron chi connectivity index (χ0n) is 15.0. The third-order valence-corrected chi connectivity index (χ3v) is 4.76. The maximum atomic E-state index is 5.91. The molecule has 3 heteroatoms. The van der Waals surface area contributed by atoms with E-state index in [-0.39, 0.29) is 0 Å². The van der Waals surface area contributed by atoms with Gasteiger partial charge in [0.1, 0.15) is 0 Å². The second-order valence-electron chi connectivity index (χ2n) is 6.96. The lowest BCUT2D eigenvalue weighted by atomic mass is 10.1. The Kier molecular flexibility index (Phi) is 13.1. The van der Waals surface area contributed by atoms with Gasteiger partial charge in [-0.3, -0.25) is 4.90 Å². The molecule has 3 nitrogen and oxygen atoms in total. The number of nitrogens with two attached hydrogens (primary N) is 1. The fourth-order valence-electron chi connectivity index (χ4n) is 3.27. The molecule has 1 heterocycles. The van der Waals surface area contributed by atoms with E-state index < -0.39 is 0 Å². The van der Waals surface area contributed by atoms with Crippen molar-refractivity contribution in [2.24, 2.45) is 5.73 Å². The summed E-state index contributed by atoms with van der Waals surface area (Å²) in [5, 5.41) is 0. The highest BCUT2D eigenvalue weighted by Crippen LogP contribution is 2.17. The molecule has 132 valence electrons. The first-order chi connectivity index (χ1) is 10.9. The molecule has 1 aliphatic heterocycles. The Labute approximate surface area is 139 Å². The Morgan fingerprint density at radius 2 is 1.50 bits per heavy atom. The molecule has 0 radical (unpaired) electrons. The molecule has 22 heavy (non-hydrogen) atoms. The van der Waals surface area contributed by atoms with E-state index in [1.807, 2.05) is 0 Å². The van der Waals surface area contributed by atoms with Gasteiger partial charge in [0.2, 0.25) is 0 Å². The highest BCUT2D eigenvalue weighted by Gasteiger charge is 2.21. The topological polar surface area (TPSA) is 38.5 Å². The molecule has 1 aliphatic rings. The van der Waals surface area contributed by atoms with Crippen molar-refractivity contribution in [2.45, 2.75) is 96.5 Å². The number of rotatable bonds is 15. The molecule has 1 saturated heterocycles. The minimum atomic E-state index is 0.504. The molecule has 0 amide bonds. The average molecular weight is 313 g/mol. The van der Waals surface area contributed by atoms with Gasteiger partial charge in [-0.05, 0) is 25.8 Å². The molecule has 1 unspecified atom stereocenters. The largest absolute Gasteiger partial charge is 0.362 e. The lowest BCUT2D eigenvalue weighted by Gasteiger charge is -2.13. The first-order valence-corrected chi connectivity index (χ1v) is 9.90. The predicted octanol–water partition coefficient (Wildman–Crippen LogP) is 4.69. The second kappa shape index (κ2) is 14.5. The zero-order valence-corrected chi connectivity index (χ0v) is 15.0. The molecular formula is C19H40N2O. The highest BCUT2D eigenvalue weighted by molar-refractivity contribution is 4.70. The summed E-state index contributed by atoms with van der Waals surface area (Å²) in [5.41, 5.74) is 5.52. The maximum Gasteiger partial charge on any atom is 0.0995 e. The third kappa shape index (κ3) is 10.6. The van der Waals surface area contributed by atoms with E-state index in [1.54, 1.807) is 0 Å². The number of hydrogen-bond donors (Lipinski definition) is 1. The van der Waals surface area contributed by atoms with Gasteiger partial charge in [0.15, 0.2) is 0 Å². The Bertz CT molecular complexity index is 235. The molecule has 1 atom stereocenters. The second-order valence-corrected chi connectivity index (χ2v) is 6.96. The van der Waals surface area contributed by atoms with Crippen molar-refractivity contribution in [1.29, 1.82) is 0 Å². The van der Waals surface area contributed by atoms with E-state index in [1.165, 1.54) is 90.0 Å². The zero-order chi connectivity index (χ0) is 15.9. The van der Waals surface area contributed by atoms with Crippen molar-refractivity contribution in [1.82, 2.24) is 4.90 Å². The fourth-order valence-corrected chi connectivity index (χ4v) is 3.27. The first kappa shape index (κ1) is 19.9. The Morgan fingerprint density at radius 3 is 2.23 bits per heavy atom. The molecular weight excluding hydrogens is 272 g/mol. The van der Waals surface area contributed by atoms with Crippen LogP contribution in [0.4, 0.5) is 0 Å². The SMILES string of the molecule is CCCCCCCCCCC1CN(CCCCCCN)CO1. The lowest BCUT2D eigenvalue weighted by molar-refractivity contribution is 0.0830. The van der Waals surface area contributed by atoms with Crippen LogP contribution in [0.5, 0.6) is 0 Å². The molecule has 0 saturated carbocycles. The molecule has 0 aromatic rings. The Morgan fingerprint density at radius 1 is 0.864 bits per heavy atom. The standard InChI is InChI=1S/C19H40N2O/c1-2-3-4-5-6-7-8-11-14-19-17-21(18-22-19)16-13-10-9-12-15-20/h19H,2-18,20H2,1H3. The smallest absolute Gasteiger partial charge is 0.0995 e. The van der Waals surface area contributed by atoms with Crippen molar-refractivity contribution in [3.05, 3.63) is 0 Å². The average Bonchev–Trinajstić information content (AvgIpc) is 2.97. The van der Waals surface area contributed by atoms with Crippen molar-refractivity contribution >= 4 is 0 Å². The van der Waals surface area contributed by atoms with Gasteiger partial charge in [-0.15, -0.1) is 0 Å². The van der Waals surface area contributed by atoms with Crippen LogP contribution in [0.2, 0.25) is 0 Å². The molecule has 0 bridgehead atoms. The third-order valence-electron chi connectivity index (χ3n) is 4.76.